The zero-order chi connectivity index (χ0) is 22.3. The Bertz CT molecular complexity index is 824. The molecule has 30 heavy (non-hydrogen) atoms. The van der Waals surface area contributed by atoms with Gasteiger partial charge >= 0.3 is 5.97 Å². The van der Waals surface area contributed by atoms with Crippen LogP contribution >= 0.6 is 11.6 Å². The molecule has 2 atom stereocenters. The Hall–Kier alpha value is -2.04. The van der Waals surface area contributed by atoms with Crippen LogP contribution in [0.1, 0.15) is 51.7 Å². The summed E-state index contributed by atoms with van der Waals surface area (Å²) in [5, 5.41) is 13.7. The van der Waals surface area contributed by atoms with E-state index in [0.717, 1.165) is 54.2 Å². The molecule has 0 aromatic heterocycles. The average Bonchev–Trinajstić information content (AvgIpc) is 3.19. The van der Waals surface area contributed by atoms with Gasteiger partial charge in [0, 0.05) is 23.8 Å². The Labute approximate surface area is 186 Å². The Balaban J connectivity index is 2.21. The first-order valence-corrected chi connectivity index (χ1v) is 11.2. The number of aliphatic carboxylic acids is 1. The number of aryl methyl sites for hydroxylation is 1. The van der Waals surface area contributed by atoms with Crippen molar-refractivity contribution in [2.45, 2.75) is 59.5 Å². The van der Waals surface area contributed by atoms with E-state index in [1.807, 2.05) is 19.9 Å². The highest BCUT2D eigenvalue weighted by Crippen LogP contribution is 2.25. The van der Waals surface area contributed by atoms with Gasteiger partial charge in [-0.05, 0) is 74.1 Å². The van der Waals surface area contributed by atoms with E-state index in [0.29, 0.717) is 6.54 Å². The number of nitrogens with zero attached hydrogens (tertiary/aromatic N) is 1. The highest BCUT2D eigenvalue weighted by Gasteiger charge is 2.28. The SMILES string of the molecule is C=C/C(=C\C(C)=C(/C)Cl)[C@@H](CC)Nc1ccc(CC)c(CN2CC[C@@H](C(=O)O)C2)c1. The van der Waals surface area contributed by atoms with Crippen LogP contribution in [0.2, 0.25) is 0 Å². The van der Waals surface area contributed by atoms with Crippen LogP contribution in [0.3, 0.4) is 0 Å². The molecular formula is C25H35ClN2O2. The molecule has 2 rings (SSSR count). The van der Waals surface area contributed by atoms with E-state index < -0.39 is 5.97 Å². The van der Waals surface area contributed by atoms with Crippen molar-refractivity contribution in [1.82, 2.24) is 4.90 Å². The third-order valence-electron chi connectivity index (χ3n) is 5.92. The molecule has 0 unspecified atom stereocenters. The quantitative estimate of drug-likeness (QED) is 0.447. The predicted molar refractivity (Wildman–Crippen MR) is 127 cm³/mol. The Morgan fingerprint density at radius 2 is 2.10 bits per heavy atom. The normalized spacial score (nSPS) is 19.4. The molecule has 0 saturated carbocycles. The van der Waals surface area contributed by atoms with E-state index in [1.165, 1.54) is 11.1 Å². The Morgan fingerprint density at radius 3 is 2.63 bits per heavy atom. The first-order valence-electron chi connectivity index (χ1n) is 10.8. The van der Waals surface area contributed by atoms with Crippen molar-refractivity contribution in [3.8, 4) is 0 Å². The van der Waals surface area contributed by atoms with Gasteiger partial charge in [-0.2, -0.15) is 0 Å². The van der Waals surface area contributed by atoms with Gasteiger partial charge in [0.05, 0.1) is 12.0 Å². The van der Waals surface area contributed by atoms with E-state index in [1.54, 1.807) is 0 Å². The standard InChI is InChI=1S/C25H35ClN2O2/c1-6-19-9-10-23(14-22(19)16-28-12-11-21(15-28)25(29)30)27-24(8-3)20(7-2)13-17(4)18(5)26/h7,9-10,13-14,21,24,27H,2,6,8,11-12,15-16H2,1,3-5H3,(H,29,30)/b18-17+,20-13+/t21-,24-/m1/s1. The van der Waals surface area contributed by atoms with Crippen molar-refractivity contribution in [2.75, 3.05) is 18.4 Å². The zero-order valence-corrected chi connectivity index (χ0v) is 19.4. The lowest BCUT2D eigenvalue weighted by molar-refractivity contribution is -0.141. The topological polar surface area (TPSA) is 52.6 Å². The monoisotopic (exact) mass is 430 g/mol. The number of benzene rings is 1. The van der Waals surface area contributed by atoms with Crippen LogP contribution in [0, 0.1) is 5.92 Å². The van der Waals surface area contributed by atoms with Crippen LogP contribution in [-0.4, -0.2) is 35.1 Å². The lowest BCUT2D eigenvalue weighted by Crippen LogP contribution is -2.24. The van der Waals surface area contributed by atoms with Crippen molar-refractivity contribution in [3.05, 3.63) is 64.2 Å². The number of allylic oxidation sites excluding steroid dienone is 3. The molecule has 0 spiro atoms. The summed E-state index contributed by atoms with van der Waals surface area (Å²) in [6.07, 6.45) is 6.59. The summed E-state index contributed by atoms with van der Waals surface area (Å²) in [6, 6.07) is 6.66. The van der Waals surface area contributed by atoms with Crippen molar-refractivity contribution in [3.63, 3.8) is 0 Å². The van der Waals surface area contributed by atoms with Crippen LogP contribution in [0.5, 0.6) is 0 Å². The number of carboxylic acid groups (broad SMARTS) is 1. The van der Waals surface area contributed by atoms with Gasteiger partial charge in [-0.3, -0.25) is 9.69 Å². The molecular weight excluding hydrogens is 396 g/mol. The summed E-state index contributed by atoms with van der Waals surface area (Å²) in [4.78, 5) is 13.5. The summed E-state index contributed by atoms with van der Waals surface area (Å²) >= 11 is 6.14. The fourth-order valence-electron chi connectivity index (χ4n) is 3.90. The van der Waals surface area contributed by atoms with Crippen LogP contribution in [-0.2, 0) is 17.8 Å². The fourth-order valence-corrected chi connectivity index (χ4v) is 3.95. The number of nitrogens with one attached hydrogen (secondary N) is 1. The van der Waals surface area contributed by atoms with Crippen LogP contribution in [0.4, 0.5) is 5.69 Å². The summed E-state index contributed by atoms with van der Waals surface area (Å²) in [7, 11) is 0. The molecule has 1 heterocycles. The molecule has 1 saturated heterocycles. The number of rotatable bonds is 10. The molecule has 0 aliphatic carbocycles. The van der Waals surface area contributed by atoms with Crippen LogP contribution < -0.4 is 5.32 Å². The lowest BCUT2D eigenvalue weighted by atomic mass is 10.00. The summed E-state index contributed by atoms with van der Waals surface area (Å²) in [5.41, 5.74) is 5.79. The number of hydrogen-bond acceptors (Lipinski definition) is 3. The number of anilines is 1. The number of likely N-dealkylation sites (tertiary alicyclic amines) is 1. The van der Waals surface area contributed by atoms with Crippen molar-refractivity contribution in [2.24, 2.45) is 5.92 Å². The third-order valence-corrected chi connectivity index (χ3v) is 6.21. The van der Waals surface area contributed by atoms with Crippen molar-refractivity contribution >= 4 is 23.3 Å². The Kier molecular flexibility index (Phi) is 9.19. The number of carboxylic acids is 1. The zero-order valence-electron chi connectivity index (χ0n) is 18.7. The maximum atomic E-state index is 11.3. The second-order valence-corrected chi connectivity index (χ2v) is 8.63. The molecule has 1 aromatic rings. The molecule has 5 heteroatoms. The first kappa shape index (κ1) is 24.2. The molecule has 2 N–H and O–H groups in total. The van der Waals surface area contributed by atoms with E-state index in [-0.39, 0.29) is 12.0 Å². The van der Waals surface area contributed by atoms with Gasteiger partial charge in [-0.15, -0.1) is 0 Å². The minimum absolute atomic E-state index is 0.136. The van der Waals surface area contributed by atoms with Gasteiger partial charge in [0.1, 0.15) is 0 Å². The van der Waals surface area contributed by atoms with Crippen LogP contribution in [0.15, 0.2) is 53.1 Å². The third kappa shape index (κ3) is 6.48. The molecule has 1 aliphatic heterocycles. The van der Waals surface area contributed by atoms with Gasteiger partial charge < -0.3 is 10.4 Å². The van der Waals surface area contributed by atoms with Gasteiger partial charge in [-0.25, -0.2) is 0 Å². The number of halogens is 1. The average molecular weight is 431 g/mol. The van der Waals surface area contributed by atoms with Gasteiger partial charge in [0.15, 0.2) is 0 Å². The van der Waals surface area contributed by atoms with Gasteiger partial charge in [0.25, 0.3) is 0 Å². The van der Waals surface area contributed by atoms with E-state index in [9.17, 15) is 9.90 Å². The fraction of sp³-hybridized carbons (Fsp3) is 0.480. The second-order valence-electron chi connectivity index (χ2n) is 8.07. The summed E-state index contributed by atoms with van der Waals surface area (Å²) in [6.45, 7) is 14.5. The number of carbonyl (C=O) groups is 1. The molecule has 1 aromatic carbocycles. The molecule has 0 amide bonds. The Morgan fingerprint density at radius 1 is 1.37 bits per heavy atom. The maximum Gasteiger partial charge on any atom is 0.307 e. The molecule has 0 radical (unpaired) electrons. The van der Waals surface area contributed by atoms with E-state index in [4.69, 9.17) is 11.6 Å². The summed E-state index contributed by atoms with van der Waals surface area (Å²) in [5.74, 6) is -0.933. The van der Waals surface area contributed by atoms with Crippen molar-refractivity contribution < 1.29 is 9.90 Å². The van der Waals surface area contributed by atoms with Gasteiger partial charge in [0.2, 0.25) is 0 Å². The smallest absolute Gasteiger partial charge is 0.307 e. The summed E-state index contributed by atoms with van der Waals surface area (Å²) < 4.78 is 0. The second kappa shape index (κ2) is 11.4. The van der Waals surface area contributed by atoms with E-state index >= 15 is 0 Å². The lowest BCUT2D eigenvalue weighted by Gasteiger charge is -2.23. The van der Waals surface area contributed by atoms with Crippen LogP contribution in [0.25, 0.3) is 0 Å². The largest absolute Gasteiger partial charge is 0.481 e. The molecule has 164 valence electrons. The van der Waals surface area contributed by atoms with Crippen molar-refractivity contribution in [1.29, 1.82) is 0 Å². The molecule has 1 aliphatic rings. The minimum Gasteiger partial charge on any atom is -0.481 e. The maximum absolute atomic E-state index is 11.3. The van der Waals surface area contributed by atoms with E-state index in [2.05, 4.69) is 54.9 Å². The highest BCUT2D eigenvalue weighted by atomic mass is 35.5. The molecule has 0 bridgehead atoms. The first-order chi connectivity index (χ1) is 14.3. The number of hydrogen-bond donors (Lipinski definition) is 2. The minimum atomic E-state index is -0.685. The highest BCUT2D eigenvalue weighted by molar-refractivity contribution is 6.29. The van der Waals surface area contributed by atoms with Gasteiger partial charge in [-0.1, -0.05) is 50.2 Å². The molecule has 4 nitrogen and oxygen atoms in total. The predicted octanol–water partition coefficient (Wildman–Crippen LogP) is 5.99. The molecule has 1 fully saturated rings.